The number of esters is 1. The van der Waals surface area contributed by atoms with Gasteiger partial charge in [0, 0.05) is 11.4 Å². The van der Waals surface area contributed by atoms with Gasteiger partial charge < -0.3 is 15.4 Å². The van der Waals surface area contributed by atoms with Crippen LogP contribution < -0.4 is 10.6 Å². The van der Waals surface area contributed by atoms with E-state index >= 15 is 0 Å². The zero-order chi connectivity index (χ0) is 19.4. The zero-order valence-electron chi connectivity index (χ0n) is 15.3. The van der Waals surface area contributed by atoms with E-state index < -0.39 is 5.97 Å². The van der Waals surface area contributed by atoms with Crippen LogP contribution in [0.3, 0.4) is 0 Å². The Morgan fingerprint density at radius 1 is 1.30 bits per heavy atom. The van der Waals surface area contributed by atoms with Crippen molar-refractivity contribution in [2.45, 2.75) is 20.4 Å². The molecular weight excluding hydrogens is 380 g/mol. The van der Waals surface area contributed by atoms with Gasteiger partial charge in [0.25, 0.3) is 0 Å². The smallest absolute Gasteiger partial charge is 0.340 e. The number of aryl methyl sites for hydroxylation is 1. The van der Waals surface area contributed by atoms with E-state index in [0.29, 0.717) is 15.7 Å². The first kappa shape index (κ1) is 19.1. The molecule has 0 atom stereocenters. The Morgan fingerprint density at radius 3 is 2.67 bits per heavy atom. The fourth-order valence-electron chi connectivity index (χ4n) is 2.63. The Bertz CT molecular complexity index is 964. The van der Waals surface area contributed by atoms with Crippen LogP contribution in [0.25, 0.3) is 10.4 Å². The van der Waals surface area contributed by atoms with Crippen molar-refractivity contribution in [3.8, 4) is 10.4 Å². The van der Waals surface area contributed by atoms with Crippen LogP contribution in [0, 0.1) is 6.92 Å². The number of ether oxygens (including phenoxy) is 1. The quantitative estimate of drug-likeness (QED) is 0.484. The number of aromatic nitrogens is 2. The van der Waals surface area contributed by atoms with Gasteiger partial charge in [0.05, 0.1) is 30.3 Å². The molecule has 3 aromatic rings. The minimum absolute atomic E-state index is 0.389. The van der Waals surface area contributed by atoms with Crippen LogP contribution in [0.5, 0.6) is 0 Å². The normalized spacial score (nSPS) is 10.5. The highest BCUT2D eigenvalue weighted by atomic mass is 32.1. The lowest BCUT2D eigenvalue weighted by Gasteiger charge is -2.10. The van der Waals surface area contributed by atoms with E-state index in [9.17, 15) is 4.79 Å². The Hall–Kier alpha value is -2.71. The highest BCUT2D eigenvalue weighted by Crippen LogP contribution is 2.36. The molecule has 3 rings (SSSR count). The number of thiophene rings is 1. The van der Waals surface area contributed by atoms with Crippen LogP contribution in [0.1, 0.15) is 23.0 Å². The maximum Gasteiger partial charge on any atom is 0.340 e. The molecule has 0 radical (unpaired) electrons. The minimum atomic E-state index is -0.409. The number of rotatable bonds is 5. The van der Waals surface area contributed by atoms with Gasteiger partial charge in [-0.3, -0.25) is 4.68 Å². The van der Waals surface area contributed by atoms with E-state index in [0.717, 1.165) is 28.4 Å². The number of hydrogen-bond donors (Lipinski definition) is 2. The Kier molecular flexibility index (Phi) is 5.88. The molecule has 1 aromatic carbocycles. The Labute approximate surface area is 167 Å². The summed E-state index contributed by atoms with van der Waals surface area (Å²) in [4.78, 5) is 13.1. The average Bonchev–Trinajstić information content (AvgIpc) is 3.26. The van der Waals surface area contributed by atoms with Gasteiger partial charge >= 0.3 is 5.97 Å². The van der Waals surface area contributed by atoms with Crippen LogP contribution in [0.4, 0.5) is 10.7 Å². The van der Waals surface area contributed by atoms with Gasteiger partial charge in [0.1, 0.15) is 5.00 Å². The highest BCUT2D eigenvalue weighted by Gasteiger charge is 2.19. The van der Waals surface area contributed by atoms with Crippen molar-refractivity contribution >= 4 is 45.3 Å². The largest absolute Gasteiger partial charge is 0.465 e. The van der Waals surface area contributed by atoms with Gasteiger partial charge in [0.15, 0.2) is 5.11 Å². The number of anilines is 2. The fraction of sp³-hybridized carbons (Fsp3) is 0.211. The SMILES string of the molecule is CCn1ncc(NC(=S)Nc2sc(-c3ccccc3)cc2C(=O)OC)c1C. The first-order valence-corrected chi connectivity index (χ1v) is 9.64. The zero-order valence-corrected chi connectivity index (χ0v) is 16.9. The summed E-state index contributed by atoms with van der Waals surface area (Å²) in [6.07, 6.45) is 1.73. The number of methoxy groups -OCH3 is 1. The second kappa shape index (κ2) is 8.32. The summed E-state index contributed by atoms with van der Waals surface area (Å²) in [5, 5.41) is 11.6. The van der Waals surface area contributed by atoms with Crippen molar-refractivity contribution in [1.29, 1.82) is 0 Å². The molecule has 0 amide bonds. The molecule has 0 aliphatic heterocycles. The van der Waals surface area contributed by atoms with Crippen molar-refractivity contribution in [3.63, 3.8) is 0 Å². The molecule has 6 nitrogen and oxygen atoms in total. The molecule has 2 N–H and O–H groups in total. The number of nitrogens with zero attached hydrogens (tertiary/aromatic N) is 2. The third-order valence-electron chi connectivity index (χ3n) is 4.07. The number of benzene rings is 1. The van der Waals surface area contributed by atoms with Crippen LogP contribution >= 0.6 is 23.6 Å². The summed E-state index contributed by atoms with van der Waals surface area (Å²) in [5.41, 5.74) is 3.30. The summed E-state index contributed by atoms with van der Waals surface area (Å²) in [6, 6.07) is 11.7. The average molecular weight is 401 g/mol. The molecule has 0 aliphatic carbocycles. The molecule has 27 heavy (non-hydrogen) atoms. The second-order valence-corrected chi connectivity index (χ2v) is 7.21. The van der Waals surface area contributed by atoms with E-state index in [1.165, 1.54) is 18.4 Å². The molecule has 0 fully saturated rings. The fourth-order valence-corrected chi connectivity index (χ4v) is 3.97. The first-order chi connectivity index (χ1) is 13.0. The first-order valence-electron chi connectivity index (χ1n) is 8.41. The predicted molar refractivity (Wildman–Crippen MR) is 114 cm³/mol. The highest BCUT2D eigenvalue weighted by molar-refractivity contribution is 7.80. The molecule has 8 heteroatoms. The maximum atomic E-state index is 12.2. The van der Waals surface area contributed by atoms with Crippen molar-refractivity contribution in [2.75, 3.05) is 17.7 Å². The molecule has 140 valence electrons. The van der Waals surface area contributed by atoms with E-state index in [1.807, 2.05) is 54.9 Å². The Balaban J connectivity index is 1.84. The number of hydrogen-bond acceptors (Lipinski definition) is 5. The maximum absolute atomic E-state index is 12.2. The molecule has 0 aliphatic rings. The minimum Gasteiger partial charge on any atom is -0.465 e. The lowest BCUT2D eigenvalue weighted by atomic mass is 10.1. The number of nitrogens with one attached hydrogen (secondary N) is 2. The molecular formula is C19H20N4O2S2. The van der Waals surface area contributed by atoms with Crippen molar-refractivity contribution in [1.82, 2.24) is 9.78 Å². The standard InChI is InChI=1S/C19H20N4O2S2/c1-4-23-12(2)15(11-20-23)21-19(26)22-17-14(18(24)25-3)10-16(27-17)13-8-6-5-7-9-13/h5-11H,4H2,1-3H3,(H2,21,22,26). The van der Waals surface area contributed by atoms with E-state index in [2.05, 4.69) is 15.7 Å². The third kappa shape index (κ3) is 4.17. The van der Waals surface area contributed by atoms with Crippen molar-refractivity contribution in [2.24, 2.45) is 0 Å². The number of carbonyl (C=O) groups is 1. The van der Waals surface area contributed by atoms with E-state index in [-0.39, 0.29) is 0 Å². The molecule has 0 saturated heterocycles. The molecule has 0 spiro atoms. The molecule has 2 heterocycles. The van der Waals surface area contributed by atoms with Crippen molar-refractivity contribution in [3.05, 3.63) is 53.9 Å². The summed E-state index contributed by atoms with van der Waals surface area (Å²) >= 11 is 6.88. The number of carbonyl (C=O) groups excluding carboxylic acids is 1. The van der Waals surface area contributed by atoms with Crippen LogP contribution in [0.15, 0.2) is 42.6 Å². The molecule has 2 aromatic heterocycles. The van der Waals surface area contributed by atoms with E-state index in [1.54, 1.807) is 6.20 Å². The topological polar surface area (TPSA) is 68.2 Å². The molecule has 0 unspecified atom stereocenters. The Morgan fingerprint density at radius 2 is 2.04 bits per heavy atom. The van der Waals surface area contributed by atoms with Crippen LogP contribution in [-0.2, 0) is 11.3 Å². The van der Waals surface area contributed by atoms with Gasteiger partial charge in [-0.1, -0.05) is 30.3 Å². The van der Waals surface area contributed by atoms with Crippen LogP contribution in [-0.4, -0.2) is 28.0 Å². The second-order valence-electron chi connectivity index (χ2n) is 5.75. The van der Waals surface area contributed by atoms with Gasteiger partial charge in [-0.05, 0) is 37.7 Å². The summed E-state index contributed by atoms with van der Waals surface area (Å²) in [6.45, 7) is 4.78. The van der Waals surface area contributed by atoms with Gasteiger partial charge in [-0.2, -0.15) is 5.10 Å². The van der Waals surface area contributed by atoms with Crippen molar-refractivity contribution < 1.29 is 9.53 Å². The predicted octanol–water partition coefficient (Wildman–Crippen LogP) is 4.54. The van der Waals surface area contributed by atoms with Gasteiger partial charge in [-0.15, -0.1) is 11.3 Å². The lowest BCUT2D eigenvalue weighted by Crippen LogP contribution is -2.20. The lowest BCUT2D eigenvalue weighted by molar-refractivity contribution is 0.0602. The summed E-state index contributed by atoms with van der Waals surface area (Å²) in [7, 11) is 1.37. The summed E-state index contributed by atoms with van der Waals surface area (Å²) < 4.78 is 6.79. The monoisotopic (exact) mass is 400 g/mol. The van der Waals surface area contributed by atoms with Gasteiger partial charge in [-0.25, -0.2) is 4.79 Å². The van der Waals surface area contributed by atoms with E-state index in [4.69, 9.17) is 17.0 Å². The van der Waals surface area contributed by atoms with Gasteiger partial charge in [0.2, 0.25) is 0 Å². The summed E-state index contributed by atoms with van der Waals surface area (Å²) in [5.74, 6) is -0.409. The number of thiocarbonyl (C=S) groups is 1. The third-order valence-corrected chi connectivity index (χ3v) is 5.38. The van der Waals surface area contributed by atoms with Crippen LogP contribution in [0.2, 0.25) is 0 Å². The molecule has 0 saturated carbocycles. The molecule has 0 bridgehead atoms.